The molecule has 6 nitrogen and oxygen atoms in total. The van der Waals surface area contributed by atoms with E-state index < -0.39 is 6.10 Å². The molecule has 224 valence electrons. The first kappa shape index (κ1) is 33.4. The van der Waals surface area contributed by atoms with Crippen molar-refractivity contribution in [1.82, 2.24) is 5.32 Å². The molecule has 0 aliphatic heterocycles. The number of hydrogen-bond acceptors (Lipinski definition) is 5. The van der Waals surface area contributed by atoms with Crippen LogP contribution < -0.4 is 14.8 Å². The van der Waals surface area contributed by atoms with E-state index in [1.807, 2.05) is 6.07 Å². The van der Waals surface area contributed by atoms with Crippen LogP contribution >= 0.6 is 0 Å². The molecular weight excluding hydrogens is 490 g/mol. The van der Waals surface area contributed by atoms with Crippen LogP contribution in [-0.4, -0.2) is 50.6 Å². The molecule has 0 unspecified atom stereocenters. The number of carbonyl (C=O) groups excluding carboxylic acids is 1. The monoisotopic (exact) mass is 547 g/mol. The summed E-state index contributed by atoms with van der Waals surface area (Å²) in [6, 6.07) is 6.39. The largest absolute Gasteiger partial charge is 0.493 e. The minimum Gasteiger partial charge on any atom is -0.493 e. The second-order valence-electron chi connectivity index (χ2n) is 12.4. The SMILES string of the molecule is COCCCOc1cc(C[C@@H](CC[C@@H](O)C[C@H](C(=O)N[C@@H](C)C2CCCCC2)C(C)C)C(C)C)ccc1OC. The first-order valence-electron chi connectivity index (χ1n) is 15.4. The van der Waals surface area contributed by atoms with Crippen LogP contribution in [0, 0.1) is 29.6 Å². The number of carbonyl (C=O) groups is 1. The van der Waals surface area contributed by atoms with Gasteiger partial charge in [0.2, 0.25) is 5.91 Å². The minimum atomic E-state index is -0.482. The van der Waals surface area contributed by atoms with Crippen molar-refractivity contribution in [3.63, 3.8) is 0 Å². The van der Waals surface area contributed by atoms with Gasteiger partial charge in [-0.1, -0.05) is 53.0 Å². The molecule has 0 spiro atoms. The average molecular weight is 548 g/mol. The Balaban J connectivity index is 1.93. The lowest BCUT2D eigenvalue weighted by Crippen LogP contribution is -2.44. The zero-order chi connectivity index (χ0) is 28.8. The Morgan fingerprint density at radius 2 is 1.69 bits per heavy atom. The topological polar surface area (TPSA) is 77.0 Å². The smallest absolute Gasteiger partial charge is 0.223 e. The van der Waals surface area contributed by atoms with E-state index in [4.69, 9.17) is 14.2 Å². The van der Waals surface area contributed by atoms with E-state index in [1.165, 1.54) is 37.7 Å². The number of amides is 1. The molecule has 39 heavy (non-hydrogen) atoms. The molecule has 2 rings (SSSR count). The van der Waals surface area contributed by atoms with Crippen molar-refractivity contribution in [2.45, 2.75) is 111 Å². The molecule has 2 N–H and O–H groups in total. The third-order valence-electron chi connectivity index (χ3n) is 8.68. The second kappa shape index (κ2) is 17.8. The zero-order valence-corrected chi connectivity index (χ0v) is 25.8. The van der Waals surface area contributed by atoms with Crippen molar-refractivity contribution in [2.75, 3.05) is 27.4 Å². The molecule has 0 bridgehead atoms. The fraction of sp³-hybridized carbons (Fsp3) is 0.788. The van der Waals surface area contributed by atoms with E-state index in [0.29, 0.717) is 43.8 Å². The van der Waals surface area contributed by atoms with Gasteiger partial charge in [-0.15, -0.1) is 0 Å². The van der Waals surface area contributed by atoms with Crippen LogP contribution in [0.25, 0.3) is 0 Å². The Bertz CT molecular complexity index is 820. The quantitative estimate of drug-likeness (QED) is 0.197. The Kier molecular flexibility index (Phi) is 15.3. The second-order valence-corrected chi connectivity index (χ2v) is 12.4. The Labute approximate surface area is 238 Å². The molecule has 1 amide bonds. The van der Waals surface area contributed by atoms with Crippen LogP contribution in [0.4, 0.5) is 0 Å². The predicted molar refractivity (Wildman–Crippen MR) is 159 cm³/mol. The fourth-order valence-corrected chi connectivity index (χ4v) is 5.90. The number of hydrogen-bond donors (Lipinski definition) is 2. The third-order valence-corrected chi connectivity index (χ3v) is 8.68. The van der Waals surface area contributed by atoms with Gasteiger partial charge in [-0.05, 0) is 86.8 Å². The highest BCUT2D eigenvalue weighted by Crippen LogP contribution is 2.32. The number of benzene rings is 1. The van der Waals surface area contributed by atoms with Gasteiger partial charge in [-0.25, -0.2) is 0 Å². The Hall–Kier alpha value is -1.79. The van der Waals surface area contributed by atoms with Crippen molar-refractivity contribution in [2.24, 2.45) is 29.6 Å². The molecule has 1 fully saturated rings. The number of ether oxygens (including phenoxy) is 3. The summed E-state index contributed by atoms with van der Waals surface area (Å²) in [6.45, 7) is 12.1. The molecule has 1 aliphatic rings. The fourth-order valence-electron chi connectivity index (χ4n) is 5.90. The van der Waals surface area contributed by atoms with Crippen molar-refractivity contribution >= 4 is 5.91 Å². The van der Waals surface area contributed by atoms with E-state index in [9.17, 15) is 9.90 Å². The summed E-state index contributed by atoms with van der Waals surface area (Å²) in [5.74, 6) is 3.13. The number of aliphatic hydroxyl groups is 1. The maximum absolute atomic E-state index is 13.2. The summed E-state index contributed by atoms with van der Waals surface area (Å²) in [7, 11) is 3.36. The van der Waals surface area contributed by atoms with Gasteiger partial charge in [0, 0.05) is 32.1 Å². The number of methoxy groups -OCH3 is 2. The molecule has 6 heteroatoms. The highest BCUT2D eigenvalue weighted by molar-refractivity contribution is 5.79. The van der Waals surface area contributed by atoms with Crippen molar-refractivity contribution < 1.29 is 24.1 Å². The van der Waals surface area contributed by atoms with Crippen LogP contribution in [0.3, 0.4) is 0 Å². The maximum atomic E-state index is 13.2. The normalized spacial score (nSPS) is 17.6. The number of rotatable bonds is 18. The van der Waals surface area contributed by atoms with Gasteiger partial charge in [0.1, 0.15) is 0 Å². The Morgan fingerprint density at radius 3 is 2.31 bits per heavy atom. The summed E-state index contributed by atoms with van der Waals surface area (Å²) in [5, 5.41) is 14.3. The van der Waals surface area contributed by atoms with Crippen molar-refractivity contribution in [3.05, 3.63) is 23.8 Å². The molecule has 4 atom stereocenters. The van der Waals surface area contributed by atoms with E-state index in [1.54, 1.807) is 14.2 Å². The lowest BCUT2D eigenvalue weighted by Gasteiger charge is -2.31. The van der Waals surface area contributed by atoms with Gasteiger partial charge in [0.05, 0.1) is 19.8 Å². The van der Waals surface area contributed by atoms with Crippen molar-refractivity contribution in [3.8, 4) is 11.5 Å². The van der Waals surface area contributed by atoms with E-state index in [2.05, 4.69) is 52.1 Å². The highest BCUT2D eigenvalue weighted by Gasteiger charge is 2.29. The summed E-state index contributed by atoms with van der Waals surface area (Å²) < 4.78 is 16.6. The standard InChI is InChI=1S/C33H57NO5/c1-23(2)28(20-26-14-17-31(38-7)32(21-26)39-19-11-18-37-6)15-16-29(35)22-30(24(3)4)33(36)34-25(5)27-12-9-8-10-13-27/h14,17,21,23-25,27-30,35H,8-13,15-16,18-20,22H2,1-7H3,(H,34,36)/t25-,28+,29+,30-/m0/s1. The average Bonchev–Trinajstić information content (AvgIpc) is 2.92. The first-order chi connectivity index (χ1) is 18.7. The molecule has 1 aromatic rings. The van der Waals surface area contributed by atoms with Crippen LogP contribution in [0.15, 0.2) is 18.2 Å². The molecule has 1 aliphatic carbocycles. The zero-order valence-electron chi connectivity index (χ0n) is 25.8. The van der Waals surface area contributed by atoms with Gasteiger partial charge in [-0.3, -0.25) is 4.79 Å². The molecule has 0 radical (unpaired) electrons. The summed E-state index contributed by atoms with van der Waals surface area (Å²) in [6.07, 6.45) is 9.68. The van der Waals surface area contributed by atoms with Gasteiger partial charge < -0.3 is 24.6 Å². The molecule has 0 saturated heterocycles. The van der Waals surface area contributed by atoms with Gasteiger partial charge in [-0.2, -0.15) is 0 Å². The molecular formula is C33H57NO5. The predicted octanol–water partition coefficient (Wildman–Crippen LogP) is 6.81. The minimum absolute atomic E-state index is 0.110. The van der Waals surface area contributed by atoms with E-state index in [-0.39, 0.29) is 23.8 Å². The van der Waals surface area contributed by atoms with Gasteiger partial charge in [0.25, 0.3) is 0 Å². The first-order valence-corrected chi connectivity index (χ1v) is 15.4. The van der Waals surface area contributed by atoms with Crippen LogP contribution in [0.5, 0.6) is 11.5 Å². The van der Waals surface area contributed by atoms with Gasteiger partial charge in [0.15, 0.2) is 11.5 Å². The van der Waals surface area contributed by atoms with Crippen molar-refractivity contribution in [1.29, 1.82) is 0 Å². The molecule has 1 aromatic carbocycles. The lowest BCUT2D eigenvalue weighted by atomic mass is 9.82. The summed E-state index contributed by atoms with van der Waals surface area (Å²) in [4.78, 5) is 13.2. The van der Waals surface area contributed by atoms with Crippen LogP contribution in [0.2, 0.25) is 0 Å². The molecule has 1 saturated carbocycles. The van der Waals surface area contributed by atoms with E-state index in [0.717, 1.165) is 30.8 Å². The summed E-state index contributed by atoms with van der Waals surface area (Å²) in [5.41, 5.74) is 1.21. The van der Waals surface area contributed by atoms with Gasteiger partial charge >= 0.3 is 0 Å². The molecule has 0 heterocycles. The number of aliphatic hydroxyl groups excluding tert-OH is 1. The molecule has 0 aromatic heterocycles. The lowest BCUT2D eigenvalue weighted by molar-refractivity contribution is -0.128. The van der Waals surface area contributed by atoms with Crippen LogP contribution in [0.1, 0.15) is 98.0 Å². The highest BCUT2D eigenvalue weighted by atomic mass is 16.5. The Morgan fingerprint density at radius 1 is 0.974 bits per heavy atom. The maximum Gasteiger partial charge on any atom is 0.223 e. The number of nitrogens with one attached hydrogen (secondary N) is 1. The van der Waals surface area contributed by atoms with Crippen LogP contribution in [-0.2, 0) is 16.0 Å². The third kappa shape index (κ3) is 11.7. The summed E-state index contributed by atoms with van der Waals surface area (Å²) >= 11 is 0. The van der Waals surface area contributed by atoms with E-state index >= 15 is 0 Å².